The summed E-state index contributed by atoms with van der Waals surface area (Å²) in [6.07, 6.45) is 2.92. The molecule has 4 nitrogen and oxygen atoms in total. The summed E-state index contributed by atoms with van der Waals surface area (Å²) in [5, 5.41) is 5.59. The molecule has 0 unspecified atom stereocenters. The molecule has 0 atom stereocenters. The van der Waals surface area contributed by atoms with E-state index >= 15 is 0 Å². The van der Waals surface area contributed by atoms with Crippen molar-refractivity contribution in [2.45, 2.75) is 0 Å². The minimum absolute atomic E-state index is 0.289. The van der Waals surface area contributed by atoms with E-state index in [1.807, 2.05) is 0 Å². The van der Waals surface area contributed by atoms with Crippen LogP contribution in [0.5, 0.6) is 0 Å². The van der Waals surface area contributed by atoms with Crippen LogP contribution in [0, 0.1) is 0 Å². The first-order chi connectivity index (χ1) is 3.39. The third-order valence-corrected chi connectivity index (χ3v) is 0.530. The molecule has 0 aliphatic heterocycles. The summed E-state index contributed by atoms with van der Waals surface area (Å²) in [6, 6.07) is 0. The Balaban J connectivity index is 3.28. The zero-order chi connectivity index (χ0) is 5.11. The Kier molecular flexibility index (Phi) is 0.856. The Morgan fingerprint density at radius 3 is 3.00 bits per heavy atom. The predicted molar refractivity (Wildman–Crippen MR) is 21.4 cm³/mol. The second kappa shape index (κ2) is 1.51. The van der Waals surface area contributed by atoms with E-state index in [-0.39, 0.29) is 5.69 Å². The Morgan fingerprint density at radius 2 is 2.71 bits per heavy atom. The van der Waals surface area contributed by atoms with E-state index in [0.717, 1.165) is 0 Å². The maximum Gasteiger partial charge on any atom is 0.514 e. The molecule has 1 aromatic rings. The standard InChI is InChI=1S/C3H3N3O/c7-3-4-1-2-5-6-3/h1-2H,(H,4,6,7)/p+1. The molecule has 0 bridgehead atoms. The number of nitrogens with one attached hydrogen (secondary N) is 2. The summed E-state index contributed by atoms with van der Waals surface area (Å²) in [4.78, 5) is 12.5. The van der Waals surface area contributed by atoms with Gasteiger partial charge in [0.25, 0.3) is 0 Å². The first-order valence-corrected chi connectivity index (χ1v) is 1.81. The molecule has 0 saturated carbocycles. The van der Waals surface area contributed by atoms with Gasteiger partial charge in [-0.25, -0.2) is 4.98 Å². The van der Waals surface area contributed by atoms with Crippen molar-refractivity contribution in [2.24, 2.45) is 0 Å². The van der Waals surface area contributed by atoms with Gasteiger partial charge in [-0.2, -0.15) is 4.79 Å². The van der Waals surface area contributed by atoms with Crippen LogP contribution in [0.3, 0.4) is 0 Å². The molecule has 0 aliphatic rings. The molecule has 1 rings (SSSR count). The highest BCUT2D eigenvalue weighted by atomic mass is 16.1. The van der Waals surface area contributed by atoms with E-state index in [1.54, 1.807) is 0 Å². The average molecular weight is 98.1 g/mol. The Morgan fingerprint density at radius 1 is 1.86 bits per heavy atom. The second-order valence-electron chi connectivity index (χ2n) is 1.03. The van der Waals surface area contributed by atoms with Crippen LogP contribution in [0.15, 0.2) is 17.2 Å². The third-order valence-electron chi connectivity index (χ3n) is 0.530. The van der Waals surface area contributed by atoms with E-state index in [2.05, 4.69) is 15.2 Å². The summed E-state index contributed by atoms with van der Waals surface area (Å²) < 4.78 is 0. The van der Waals surface area contributed by atoms with Gasteiger partial charge in [-0.15, -0.1) is 5.10 Å². The molecule has 0 fully saturated rings. The molecule has 1 aromatic heterocycles. The maximum atomic E-state index is 10.1. The van der Waals surface area contributed by atoms with Gasteiger partial charge in [-0.3, -0.25) is 0 Å². The average Bonchev–Trinajstić information content (AvgIpc) is 1.69. The second-order valence-corrected chi connectivity index (χ2v) is 1.03. The Hall–Kier alpha value is -1.19. The van der Waals surface area contributed by atoms with Crippen LogP contribution in [0.1, 0.15) is 0 Å². The summed E-state index contributed by atoms with van der Waals surface area (Å²) in [5.41, 5.74) is -0.289. The summed E-state index contributed by atoms with van der Waals surface area (Å²) in [7, 11) is 0. The van der Waals surface area contributed by atoms with Crippen LogP contribution in [0.2, 0.25) is 0 Å². The van der Waals surface area contributed by atoms with E-state index in [4.69, 9.17) is 0 Å². The molecule has 7 heavy (non-hydrogen) atoms. The number of hydrogen-bond acceptors (Lipinski definition) is 2. The van der Waals surface area contributed by atoms with Gasteiger partial charge in [0.05, 0.1) is 0 Å². The van der Waals surface area contributed by atoms with Crippen molar-refractivity contribution in [1.29, 1.82) is 0 Å². The molecular weight excluding hydrogens is 94.1 g/mol. The monoisotopic (exact) mass is 98.0 g/mol. The number of hydrogen-bond donors (Lipinski definition) is 1. The van der Waals surface area contributed by atoms with E-state index in [0.29, 0.717) is 0 Å². The van der Waals surface area contributed by atoms with Gasteiger partial charge in [0.2, 0.25) is 0 Å². The first kappa shape index (κ1) is 3.98. The number of aromatic amines is 2. The Labute approximate surface area is 39.2 Å². The topological polar surface area (TPSA) is 59.9 Å². The highest BCUT2D eigenvalue weighted by molar-refractivity contribution is 4.49. The fourth-order valence-corrected chi connectivity index (χ4v) is 0.278. The van der Waals surface area contributed by atoms with Crippen molar-refractivity contribution < 1.29 is 4.98 Å². The van der Waals surface area contributed by atoms with Crippen LogP contribution in [-0.2, 0) is 0 Å². The van der Waals surface area contributed by atoms with Crippen LogP contribution in [-0.4, -0.2) is 10.2 Å². The third kappa shape index (κ3) is 0.819. The highest BCUT2D eigenvalue weighted by Crippen LogP contribution is 1.45. The van der Waals surface area contributed by atoms with Crippen molar-refractivity contribution in [3.05, 3.63) is 22.9 Å². The summed E-state index contributed by atoms with van der Waals surface area (Å²) in [6.45, 7) is 0. The number of nitrogens with zero attached hydrogens (tertiary/aromatic N) is 1. The zero-order valence-electron chi connectivity index (χ0n) is 3.51. The van der Waals surface area contributed by atoms with Gasteiger partial charge in [-0.1, -0.05) is 5.10 Å². The smallest absolute Gasteiger partial charge is 0.208 e. The molecule has 0 aromatic carbocycles. The van der Waals surface area contributed by atoms with Crippen molar-refractivity contribution in [3.8, 4) is 0 Å². The van der Waals surface area contributed by atoms with E-state index < -0.39 is 0 Å². The summed E-state index contributed by atoms with van der Waals surface area (Å²) in [5.74, 6) is 0. The van der Waals surface area contributed by atoms with Crippen molar-refractivity contribution in [3.63, 3.8) is 0 Å². The molecule has 4 heteroatoms. The minimum atomic E-state index is -0.289. The molecular formula is C3H4N3O+. The van der Waals surface area contributed by atoms with Gasteiger partial charge in [-0.05, 0) is 0 Å². The lowest BCUT2D eigenvalue weighted by molar-refractivity contribution is -0.404. The number of H-pyrrole nitrogens is 2. The number of aromatic nitrogens is 3. The van der Waals surface area contributed by atoms with E-state index in [1.165, 1.54) is 12.4 Å². The molecule has 36 valence electrons. The lowest BCUT2D eigenvalue weighted by atomic mass is 10.9. The van der Waals surface area contributed by atoms with Gasteiger partial charge in [0.15, 0.2) is 0 Å². The van der Waals surface area contributed by atoms with E-state index in [9.17, 15) is 4.79 Å². The zero-order valence-corrected chi connectivity index (χ0v) is 3.51. The van der Waals surface area contributed by atoms with Crippen LogP contribution < -0.4 is 10.7 Å². The lowest BCUT2D eigenvalue weighted by Gasteiger charge is -1.64. The number of rotatable bonds is 0. The molecule has 0 aliphatic carbocycles. The van der Waals surface area contributed by atoms with Crippen LogP contribution in [0.4, 0.5) is 0 Å². The van der Waals surface area contributed by atoms with Crippen LogP contribution in [0.25, 0.3) is 0 Å². The van der Waals surface area contributed by atoms with Gasteiger partial charge in [0.1, 0.15) is 12.4 Å². The normalized spacial score (nSPS) is 8.57. The lowest BCUT2D eigenvalue weighted by Crippen LogP contribution is -2.28. The largest absolute Gasteiger partial charge is 0.514 e. The fourth-order valence-electron chi connectivity index (χ4n) is 0.278. The molecule has 1 heterocycles. The SMILES string of the molecule is O=c1[nH]ncc[nH+]1. The molecule has 0 amide bonds. The van der Waals surface area contributed by atoms with Crippen molar-refractivity contribution in [1.82, 2.24) is 10.2 Å². The maximum absolute atomic E-state index is 10.1. The summed E-state index contributed by atoms with van der Waals surface area (Å²) >= 11 is 0. The van der Waals surface area contributed by atoms with Crippen molar-refractivity contribution in [2.75, 3.05) is 0 Å². The molecule has 0 radical (unpaired) electrons. The van der Waals surface area contributed by atoms with Crippen molar-refractivity contribution >= 4 is 0 Å². The minimum Gasteiger partial charge on any atom is -0.208 e. The molecule has 2 N–H and O–H groups in total. The quantitative estimate of drug-likeness (QED) is 0.433. The first-order valence-electron chi connectivity index (χ1n) is 1.81. The molecule has 0 spiro atoms. The Bertz CT molecular complexity index is 176. The fraction of sp³-hybridized carbons (Fsp3) is 0. The predicted octanol–water partition coefficient (Wildman–Crippen LogP) is -1.42. The molecule has 0 saturated heterocycles. The highest BCUT2D eigenvalue weighted by Gasteiger charge is 1.80. The van der Waals surface area contributed by atoms with Crippen LogP contribution >= 0.6 is 0 Å². The van der Waals surface area contributed by atoms with Gasteiger partial charge < -0.3 is 0 Å². The van der Waals surface area contributed by atoms with Gasteiger partial charge in [0, 0.05) is 0 Å². The van der Waals surface area contributed by atoms with Gasteiger partial charge >= 0.3 is 5.69 Å².